The topological polar surface area (TPSA) is 45.7 Å². The number of guanidine groups is 1. The lowest BCUT2D eigenvalue weighted by Crippen LogP contribution is -2.38. The fourth-order valence-corrected chi connectivity index (χ4v) is 3.19. The molecule has 120 valence electrons. The molecule has 1 heterocycles. The number of rotatable bonds is 9. The van der Waals surface area contributed by atoms with Crippen molar-refractivity contribution in [3.05, 3.63) is 20.8 Å². The minimum absolute atomic E-state index is 0.602. The number of hydrogen-bond acceptors (Lipinski definition) is 3. The van der Waals surface area contributed by atoms with E-state index in [0.717, 1.165) is 45.1 Å². The maximum Gasteiger partial charge on any atom is 0.190 e. The fraction of sp³-hybridized carbons (Fsp3) is 0.667. The maximum absolute atomic E-state index is 5.55. The Labute approximate surface area is 140 Å². The summed E-state index contributed by atoms with van der Waals surface area (Å²) in [4.78, 5) is 5.59. The molecule has 0 saturated carbocycles. The van der Waals surface area contributed by atoms with E-state index in [-0.39, 0.29) is 0 Å². The summed E-state index contributed by atoms with van der Waals surface area (Å²) in [6.45, 7) is 7.72. The van der Waals surface area contributed by atoms with E-state index in [0.29, 0.717) is 5.92 Å². The molecule has 0 amide bonds. The van der Waals surface area contributed by atoms with Crippen LogP contribution >= 0.6 is 27.3 Å². The number of ether oxygens (including phenoxy) is 1. The lowest BCUT2D eigenvalue weighted by molar-refractivity contribution is 0.108. The first-order valence-electron chi connectivity index (χ1n) is 7.38. The van der Waals surface area contributed by atoms with Crippen LogP contribution in [0, 0.1) is 5.92 Å². The predicted octanol–water partition coefficient (Wildman–Crippen LogP) is 3.28. The molecule has 4 nitrogen and oxygen atoms in total. The molecule has 0 radical (unpaired) electrons. The smallest absolute Gasteiger partial charge is 0.190 e. The summed E-state index contributed by atoms with van der Waals surface area (Å²) < 4.78 is 6.73. The van der Waals surface area contributed by atoms with E-state index < -0.39 is 0 Å². The molecule has 1 rings (SSSR count). The second kappa shape index (κ2) is 11.0. The molecule has 0 unspecified atom stereocenters. The lowest BCUT2D eigenvalue weighted by Gasteiger charge is -2.12. The predicted molar refractivity (Wildman–Crippen MR) is 95.4 cm³/mol. The van der Waals surface area contributed by atoms with Crippen LogP contribution in [-0.4, -0.2) is 39.3 Å². The van der Waals surface area contributed by atoms with Gasteiger partial charge in [0.1, 0.15) is 0 Å². The van der Waals surface area contributed by atoms with Crippen molar-refractivity contribution in [3.8, 4) is 0 Å². The molecule has 0 aliphatic heterocycles. The second-order valence-corrected chi connectivity index (χ2v) is 7.75. The van der Waals surface area contributed by atoms with Gasteiger partial charge in [0.25, 0.3) is 0 Å². The van der Waals surface area contributed by atoms with Crippen LogP contribution in [0.25, 0.3) is 0 Å². The van der Waals surface area contributed by atoms with Gasteiger partial charge in [-0.3, -0.25) is 4.99 Å². The zero-order chi connectivity index (χ0) is 15.5. The Balaban J connectivity index is 2.06. The number of thiophene rings is 1. The second-order valence-electron chi connectivity index (χ2n) is 5.20. The summed E-state index contributed by atoms with van der Waals surface area (Å²) in [6, 6.07) is 4.24. The largest absolute Gasteiger partial charge is 0.381 e. The van der Waals surface area contributed by atoms with Gasteiger partial charge in [-0.2, -0.15) is 0 Å². The molecule has 0 saturated heterocycles. The Bertz CT molecular complexity index is 421. The number of aliphatic imine (C=N–C) groups is 1. The molecule has 0 bridgehead atoms. The highest BCUT2D eigenvalue weighted by atomic mass is 79.9. The molecular formula is C15H26BrN3OS. The molecule has 0 atom stereocenters. The van der Waals surface area contributed by atoms with E-state index in [1.54, 1.807) is 18.4 Å². The first-order valence-corrected chi connectivity index (χ1v) is 8.99. The molecule has 21 heavy (non-hydrogen) atoms. The van der Waals surface area contributed by atoms with E-state index >= 15 is 0 Å². The molecule has 0 fully saturated rings. The zero-order valence-electron chi connectivity index (χ0n) is 13.1. The van der Waals surface area contributed by atoms with Gasteiger partial charge < -0.3 is 15.4 Å². The van der Waals surface area contributed by atoms with Crippen LogP contribution in [0.5, 0.6) is 0 Å². The van der Waals surface area contributed by atoms with Gasteiger partial charge in [0, 0.05) is 38.2 Å². The minimum Gasteiger partial charge on any atom is -0.381 e. The summed E-state index contributed by atoms with van der Waals surface area (Å²) in [6.07, 6.45) is 2.00. The maximum atomic E-state index is 5.55. The van der Waals surface area contributed by atoms with Crippen molar-refractivity contribution in [2.24, 2.45) is 10.9 Å². The van der Waals surface area contributed by atoms with Gasteiger partial charge in [-0.1, -0.05) is 13.8 Å². The molecule has 0 spiro atoms. The monoisotopic (exact) mass is 375 g/mol. The fourth-order valence-electron chi connectivity index (χ4n) is 1.71. The van der Waals surface area contributed by atoms with Crippen LogP contribution in [0.4, 0.5) is 0 Å². The van der Waals surface area contributed by atoms with Gasteiger partial charge in [-0.05, 0) is 46.8 Å². The van der Waals surface area contributed by atoms with E-state index in [9.17, 15) is 0 Å². The van der Waals surface area contributed by atoms with Crippen molar-refractivity contribution in [3.63, 3.8) is 0 Å². The first-order chi connectivity index (χ1) is 10.1. The molecule has 1 aromatic heterocycles. The quantitative estimate of drug-likeness (QED) is 0.395. The van der Waals surface area contributed by atoms with Crippen LogP contribution in [0.3, 0.4) is 0 Å². The Hall–Kier alpha value is -0.590. The van der Waals surface area contributed by atoms with E-state index in [2.05, 4.69) is 57.5 Å². The first kappa shape index (κ1) is 18.5. The summed E-state index contributed by atoms with van der Waals surface area (Å²) in [5.74, 6) is 1.46. The van der Waals surface area contributed by atoms with Crippen LogP contribution < -0.4 is 10.6 Å². The highest BCUT2D eigenvalue weighted by Gasteiger charge is 2.00. The highest BCUT2D eigenvalue weighted by Crippen LogP contribution is 2.21. The van der Waals surface area contributed by atoms with Gasteiger partial charge >= 0.3 is 0 Å². The third-order valence-electron chi connectivity index (χ3n) is 2.73. The number of nitrogens with one attached hydrogen (secondary N) is 2. The Kier molecular flexibility index (Phi) is 9.70. The zero-order valence-corrected chi connectivity index (χ0v) is 15.5. The van der Waals surface area contributed by atoms with Crippen LogP contribution in [-0.2, 0) is 11.2 Å². The van der Waals surface area contributed by atoms with Crippen LogP contribution in [0.1, 0.15) is 25.1 Å². The third kappa shape index (κ3) is 9.11. The van der Waals surface area contributed by atoms with Gasteiger partial charge in [0.2, 0.25) is 0 Å². The summed E-state index contributed by atoms with van der Waals surface area (Å²) >= 11 is 5.26. The third-order valence-corrected chi connectivity index (χ3v) is 4.41. The standard InChI is InChI=1S/C15H26BrN3OS/c1-12(2)11-20-10-4-8-18-15(17-3)19-9-7-13-5-6-14(16)21-13/h5-6,12H,4,7-11H2,1-3H3,(H2,17,18,19). The van der Waals surface area contributed by atoms with E-state index in [1.165, 1.54) is 8.66 Å². The Morgan fingerprint density at radius 2 is 2.10 bits per heavy atom. The molecule has 2 N–H and O–H groups in total. The summed E-state index contributed by atoms with van der Waals surface area (Å²) in [5, 5.41) is 6.63. The SMILES string of the molecule is CN=C(NCCCOCC(C)C)NCCc1ccc(Br)s1. The van der Waals surface area contributed by atoms with Gasteiger partial charge in [-0.25, -0.2) is 0 Å². The molecule has 0 aliphatic carbocycles. The van der Waals surface area contributed by atoms with Crippen molar-refractivity contribution in [1.82, 2.24) is 10.6 Å². The van der Waals surface area contributed by atoms with E-state index in [4.69, 9.17) is 4.74 Å². The highest BCUT2D eigenvalue weighted by molar-refractivity contribution is 9.11. The normalized spacial score (nSPS) is 12.0. The Morgan fingerprint density at radius 1 is 1.33 bits per heavy atom. The molecule has 0 aromatic carbocycles. The minimum atomic E-state index is 0.602. The molecular weight excluding hydrogens is 350 g/mol. The van der Waals surface area contributed by atoms with Crippen molar-refractivity contribution < 1.29 is 4.74 Å². The molecule has 1 aromatic rings. The summed E-state index contributed by atoms with van der Waals surface area (Å²) in [5.41, 5.74) is 0. The van der Waals surface area contributed by atoms with E-state index in [1.807, 2.05) is 0 Å². The van der Waals surface area contributed by atoms with Crippen LogP contribution in [0.15, 0.2) is 20.9 Å². The average Bonchev–Trinajstić information content (AvgIpc) is 2.86. The number of halogens is 1. The average molecular weight is 376 g/mol. The number of nitrogens with zero attached hydrogens (tertiary/aromatic N) is 1. The van der Waals surface area contributed by atoms with Gasteiger partial charge in [0.05, 0.1) is 3.79 Å². The Morgan fingerprint density at radius 3 is 2.71 bits per heavy atom. The van der Waals surface area contributed by atoms with Crippen molar-refractivity contribution in [2.75, 3.05) is 33.4 Å². The van der Waals surface area contributed by atoms with Crippen molar-refractivity contribution in [1.29, 1.82) is 0 Å². The van der Waals surface area contributed by atoms with Crippen LogP contribution in [0.2, 0.25) is 0 Å². The molecule has 6 heteroatoms. The van der Waals surface area contributed by atoms with Crippen molar-refractivity contribution >= 4 is 33.2 Å². The van der Waals surface area contributed by atoms with Crippen molar-refractivity contribution in [2.45, 2.75) is 26.7 Å². The summed E-state index contributed by atoms with van der Waals surface area (Å²) in [7, 11) is 1.80. The lowest BCUT2D eigenvalue weighted by atomic mass is 10.2. The van der Waals surface area contributed by atoms with Gasteiger partial charge in [0.15, 0.2) is 5.96 Å². The number of hydrogen-bond donors (Lipinski definition) is 2. The molecule has 0 aliphatic rings. The van der Waals surface area contributed by atoms with Gasteiger partial charge in [-0.15, -0.1) is 11.3 Å².